The van der Waals surface area contributed by atoms with E-state index in [2.05, 4.69) is 25.4 Å². The maximum Gasteiger partial charge on any atom is 0.418 e. The summed E-state index contributed by atoms with van der Waals surface area (Å²) in [4.78, 5) is 8.41. The normalized spacial score (nSPS) is 22.7. The Morgan fingerprint density at radius 1 is 1.05 bits per heavy atom. The molecule has 4 heterocycles. The number of ether oxygens (including phenoxy) is 1. The van der Waals surface area contributed by atoms with Crippen LogP contribution in [-0.4, -0.2) is 75.0 Å². The Morgan fingerprint density at radius 3 is 2.41 bits per heavy atom. The molecule has 18 heteroatoms. The highest BCUT2D eigenvalue weighted by atomic mass is 35.5. The maximum absolute atomic E-state index is 14.3. The van der Waals surface area contributed by atoms with Crippen LogP contribution in [0.15, 0.2) is 30.5 Å². The molecule has 3 N–H and O–H groups in total. The van der Waals surface area contributed by atoms with Crippen molar-refractivity contribution in [1.82, 2.24) is 34.7 Å². The molecule has 232 valence electrons. The maximum atomic E-state index is 14.3. The van der Waals surface area contributed by atoms with Crippen molar-refractivity contribution in [1.29, 1.82) is 0 Å². The van der Waals surface area contributed by atoms with Crippen molar-refractivity contribution in [3.63, 3.8) is 0 Å². The van der Waals surface area contributed by atoms with Gasteiger partial charge >= 0.3 is 6.18 Å². The quantitative estimate of drug-likeness (QED) is 0.188. The summed E-state index contributed by atoms with van der Waals surface area (Å²) in [5.41, 5.74) is -1.43. The van der Waals surface area contributed by atoms with E-state index in [9.17, 15) is 37.3 Å². The molecule has 5 atom stereocenters. The topological polar surface area (TPSA) is 144 Å². The van der Waals surface area contributed by atoms with Gasteiger partial charge in [0.1, 0.15) is 58.6 Å². The highest BCUT2D eigenvalue weighted by Gasteiger charge is 2.49. The molecule has 1 fully saturated rings. The SMILES string of the molecule is Cc1nc([C@@H]2O[C@H](CO)[C@H](O)[C@H](n3cc(-c4cc(F)c(Cl)c(F)c4)nn3)[C@H]2O)n(-c2cc3sc(C)nc3cc2C(F)(F)F)n1. The van der Waals surface area contributed by atoms with Gasteiger partial charge < -0.3 is 20.1 Å². The molecule has 0 unspecified atom stereocenters. The van der Waals surface area contributed by atoms with Crippen LogP contribution >= 0.6 is 22.9 Å². The van der Waals surface area contributed by atoms with E-state index in [0.717, 1.165) is 27.6 Å². The smallest absolute Gasteiger partial charge is 0.394 e. The molecule has 3 aromatic heterocycles. The van der Waals surface area contributed by atoms with E-state index < -0.39 is 71.1 Å². The number of nitrogens with zero attached hydrogens (tertiary/aromatic N) is 7. The van der Waals surface area contributed by atoms with E-state index in [1.807, 2.05) is 0 Å². The first kappa shape index (κ1) is 30.4. The Balaban J connectivity index is 1.44. The molecule has 0 saturated carbocycles. The molecule has 44 heavy (non-hydrogen) atoms. The predicted octanol–water partition coefficient (Wildman–Crippen LogP) is 4.10. The largest absolute Gasteiger partial charge is 0.418 e. The van der Waals surface area contributed by atoms with Crippen molar-refractivity contribution in [2.75, 3.05) is 6.61 Å². The van der Waals surface area contributed by atoms with Crippen molar-refractivity contribution >= 4 is 33.2 Å². The van der Waals surface area contributed by atoms with Gasteiger partial charge in [-0.3, -0.25) is 0 Å². The van der Waals surface area contributed by atoms with Crippen LogP contribution in [0.3, 0.4) is 0 Å². The van der Waals surface area contributed by atoms with Gasteiger partial charge in [0.25, 0.3) is 0 Å². The summed E-state index contributed by atoms with van der Waals surface area (Å²) in [5, 5.41) is 44.3. The van der Waals surface area contributed by atoms with Gasteiger partial charge in [-0.25, -0.2) is 28.1 Å². The van der Waals surface area contributed by atoms with Crippen molar-refractivity contribution in [3.8, 4) is 16.9 Å². The third-order valence-corrected chi connectivity index (χ3v) is 8.42. The number of alkyl halides is 3. The van der Waals surface area contributed by atoms with Gasteiger partial charge in [0.2, 0.25) is 0 Å². The second kappa shape index (κ2) is 11.1. The summed E-state index contributed by atoms with van der Waals surface area (Å²) in [6.45, 7) is 2.33. The van der Waals surface area contributed by atoms with E-state index in [1.165, 1.54) is 30.5 Å². The standard InChI is InChI=1S/C26H21ClF5N7O4S/c1-9-33-25(39(36-9)17-6-19-15(34-10(2)44-19)5-12(17)26(30,31)32)24-23(42)21(22(41)18(8-40)43-24)38-7-16(35-37-38)11-3-13(28)20(27)14(29)4-11/h3-7,18,21-24,40-42H,8H2,1-2H3/t18-,21+,22+,23-,24-/m1/s1. The van der Waals surface area contributed by atoms with Crippen molar-refractivity contribution in [2.24, 2.45) is 0 Å². The number of hydrogen-bond donors (Lipinski definition) is 3. The average Bonchev–Trinajstić information content (AvgIpc) is 3.68. The Morgan fingerprint density at radius 2 is 1.75 bits per heavy atom. The lowest BCUT2D eigenvalue weighted by Gasteiger charge is -2.41. The number of aromatic nitrogens is 7. The van der Waals surface area contributed by atoms with Crippen LogP contribution in [0.2, 0.25) is 5.02 Å². The number of rotatable bonds is 5. The Bertz CT molecular complexity index is 1860. The number of benzene rings is 2. The lowest BCUT2D eigenvalue weighted by atomic mass is 9.92. The molecule has 0 bridgehead atoms. The lowest BCUT2D eigenvalue weighted by Crippen LogP contribution is -2.53. The number of aliphatic hydroxyl groups excluding tert-OH is 3. The first-order valence-corrected chi connectivity index (χ1v) is 14.1. The lowest BCUT2D eigenvalue weighted by molar-refractivity contribution is -0.210. The third kappa shape index (κ3) is 5.22. The van der Waals surface area contributed by atoms with Crippen LogP contribution in [0.1, 0.15) is 34.4 Å². The van der Waals surface area contributed by atoms with Crippen LogP contribution < -0.4 is 0 Å². The van der Waals surface area contributed by atoms with Gasteiger partial charge in [-0.15, -0.1) is 16.4 Å². The predicted molar refractivity (Wildman–Crippen MR) is 145 cm³/mol. The molecule has 0 aliphatic carbocycles. The summed E-state index contributed by atoms with van der Waals surface area (Å²) in [6.07, 6.45) is -9.90. The van der Waals surface area contributed by atoms with Gasteiger partial charge in [0.15, 0.2) is 5.82 Å². The van der Waals surface area contributed by atoms with Crippen LogP contribution in [0.5, 0.6) is 0 Å². The van der Waals surface area contributed by atoms with E-state index in [0.29, 0.717) is 9.71 Å². The highest BCUT2D eigenvalue weighted by Crippen LogP contribution is 2.42. The Labute approximate surface area is 253 Å². The Kier molecular flexibility index (Phi) is 7.66. The zero-order valence-electron chi connectivity index (χ0n) is 22.5. The number of hydrogen-bond acceptors (Lipinski definition) is 10. The molecule has 1 saturated heterocycles. The first-order chi connectivity index (χ1) is 20.8. The Hall–Kier alpha value is -3.61. The van der Waals surface area contributed by atoms with Crippen LogP contribution in [-0.2, 0) is 10.9 Å². The molecule has 0 spiro atoms. The first-order valence-electron chi connectivity index (χ1n) is 12.9. The summed E-state index contributed by atoms with van der Waals surface area (Å²) in [6, 6.07) is 2.59. The van der Waals surface area contributed by atoms with Gasteiger partial charge in [-0.1, -0.05) is 16.8 Å². The van der Waals surface area contributed by atoms with Gasteiger partial charge in [-0.2, -0.15) is 18.3 Å². The minimum Gasteiger partial charge on any atom is -0.394 e. The summed E-state index contributed by atoms with van der Waals surface area (Å²) < 4.78 is 79.2. The van der Waals surface area contributed by atoms with E-state index >= 15 is 0 Å². The fourth-order valence-electron chi connectivity index (χ4n) is 5.16. The molecular weight excluding hydrogens is 637 g/mol. The molecular formula is C26H21ClF5N7O4S. The molecule has 1 aliphatic heterocycles. The van der Waals surface area contributed by atoms with Crippen molar-refractivity contribution in [2.45, 2.75) is 50.5 Å². The van der Waals surface area contributed by atoms with Crippen LogP contribution in [0, 0.1) is 25.5 Å². The minimum atomic E-state index is -4.83. The second-order valence-corrected chi connectivity index (χ2v) is 11.7. The molecule has 1 aliphatic rings. The van der Waals surface area contributed by atoms with E-state index in [1.54, 1.807) is 6.92 Å². The fraction of sp³-hybridized carbons (Fsp3) is 0.346. The highest BCUT2D eigenvalue weighted by molar-refractivity contribution is 7.18. The van der Waals surface area contributed by atoms with Gasteiger partial charge in [0.05, 0.1) is 39.3 Å². The number of thiazole rings is 1. The number of fused-ring (bicyclic) bond motifs is 1. The molecule has 2 aromatic carbocycles. The van der Waals surface area contributed by atoms with E-state index in [4.69, 9.17) is 16.3 Å². The number of aryl methyl sites for hydroxylation is 2. The second-order valence-electron chi connectivity index (χ2n) is 10.1. The van der Waals surface area contributed by atoms with Crippen molar-refractivity contribution < 1.29 is 42.0 Å². The molecule has 6 rings (SSSR count). The van der Waals surface area contributed by atoms with Crippen LogP contribution in [0.4, 0.5) is 22.0 Å². The molecule has 11 nitrogen and oxygen atoms in total. The summed E-state index contributed by atoms with van der Waals surface area (Å²) in [7, 11) is 0. The van der Waals surface area contributed by atoms with E-state index in [-0.39, 0.29) is 28.4 Å². The minimum absolute atomic E-state index is 0.0440. The molecule has 0 amide bonds. The number of aliphatic hydroxyl groups is 3. The molecule has 5 aromatic rings. The zero-order valence-corrected chi connectivity index (χ0v) is 24.1. The summed E-state index contributed by atoms with van der Waals surface area (Å²) in [5.74, 6) is -2.31. The van der Waals surface area contributed by atoms with Crippen molar-refractivity contribution in [3.05, 3.63) is 69.3 Å². The van der Waals surface area contributed by atoms with Gasteiger partial charge in [-0.05, 0) is 38.1 Å². The third-order valence-electron chi connectivity index (χ3n) is 7.13. The average molecular weight is 658 g/mol. The van der Waals surface area contributed by atoms with Gasteiger partial charge in [0, 0.05) is 5.56 Å². The summed E-state index contributed by atoms with van der Waals surface area (Å²) >= 11 is 6.73. The number of halogens is 6. The van der Waals surface area contributed by atoms with Crippen LogP contribution in [0.25, 0.3) is 27.2 Å². The molecule has 0 radical (unpaired) electrons. The fourth-order valence-corrected chi connectivity index (χ4v) is 6.11. The zero-order chi connectivity index (χ0) is 31.7. The monoisotopic (exact) mass is 657 g/mol.